The molecule has 8 heteroatoms. The fraction of sp³-hybridized carbons (Fsp3) is 0.385. The first kappa shape index (κ1) is 24.1. The Labute approximate surface area is 209 Å². The van der Waals surface area contributed by atoms with Crippen molar-refractivity contribution in [1.82, 2.24) is 0 Å². The number of methoxy groups -OCH3 is 1. The standard InChI is InChI=1S/C26H28N2O5.BrH/c1-3-4-5-9-27-25-20-14-28-10-8-16-11-22-23(33-15-32-22)12-18(16)26(28)19(13-24(29)30)17(20)6-7-21(25)31-2;/h6-7,11-12,14H,3-5,8-10,13,15H2,1-2H3,(H,29,30);1H. The minimum absolute atomic E-state index is 0. The second kappa shape index (κ2) is 10.1. The molecule has 0 saturated heterocycles. The Bertz CT molecular complexity index is 1240. The lowest BCUT2D eigenvalue weighted by molar-refractivity contribution is -0.686. The van der Waals surface area contributed by atoms with E-state index in [1.54, 1.807) is 7.11 Å². The minimum atomic E-state index is -0.855. The van der Waals surface area contributed by atoms with Crippen LogP contribution in [0.4, 0.5) is 5.69 Å². The molecule has 0 aliphatic carbocycles. The molecule has 180 valence electrons. The summed E-state index contributed by atoms with van der Waals surface area (Å²) in [6.45, 7) is 4.00. The van der Waals surface area contributed by atoms with Crippen LogP contribution in [0, 0.1) is 0 Å². The van der Waals surface area contributed by atoms with Crippen molar-refractivity contribution >= 4 is 22.4 Å². The van der Waals surface area contributed by atoms with Gasteiger partial charge < -0.3 is 41.6 Å². The summed E-state index contributed by atoms with van der Waals surface area (Å²) in [5, 5.41) is 15.3. The topological polar surface area (TPSA) is 80.9 Å². The zero-order valence-electron chi connectivity index (χ0n) is 19.4. The number of benzene rings is 2. The molecule has 5 rings (SSSR count). The van der Waals surface area contributed by atoms with Crippen molar-refractivity contribution < 1.29 is 45.7 Å². The van der Waals surface area contributed by atoms with Crippen LogP contribution in [0.3, 0.4) is 0 Å². The normalized spacial score (nSPS) is 13.1. The number of carbonyl (C=O) groups is 1. The zero-order valence-corrected chi connectivity index (χ0v) is 21.0. The van der Waals surface area contributed by atoms with Crippen molar-refractivity contribution in [3.63, 3.8) is 0 Å². The highest BCUT2D eigenvalue weighted by molar-refractivity contribution is 6.01. The number of aromatic nitrogens is 1. The van der Waals surface area contributed by atoms with Crippen LogP contribution in [0.2, 0.25) is 0 Å². The van der Waals surface area contributed by atoms with Crippen LogP contribution < -0.4 is 41.1 Å². The lowest BCUT2D eigenvalue weighted by Crippen LogP contribution is -3.00. The fourth-order valence-electron chi connectivity index (χ4n) is 4.93. The van der Waals surface area contributed by atoms with Gasteiger partial charge in [0.15, 0.2) is 24.2 Å². The van der Waals surface area contributed by atoms with E-state index >= 15 is 0 Å². The molecule has 0 unspecified atom stereocenters. The maximum atomic E-state index is 12.0. The van der Waals surface area contributed by atoms with Crippen molar-refractivity contribution in [1.29, 1.82) is 0 Å². The number of pyridine rings is 1. The molecule has 2 aliphatic rings. The molecule has 2 aliphatic heterocycles. The van der Waals surface area contributed by atoms with Gasteiger partial charge in [0.1, 0.15) is 5.75 Å². The number of hydrogen-bond acceptors (Lipinski definition) is 5. The highest BCUT2D eigenvalue weighted by Crippen LogP contribution is 2.43. The van der Waals surface area contributed by atoms with Crippen LogP contribution >= 0.6 is 0 Å². The van der Waals surface area contributed by atoms with Gasteiger partial charge in [0.05, 0.1) is 30.2 Å². The number of aliphatic carboxylic acids is 1. The summed E-state index contributed by atoms with van der Waals surface area (Å²) >= 11 is 0. The molecule has 0 spiro atoms. The summed E-state index contributed by atoms with van der Waals surface area (Å²) in [5.41, 5.74) is 4.82. The molecule has 0 radical (unpaired) electrons. The predicted octanol–water partition coefficient (Wildman–Crippen LogP) is 1.32. The lowest BCUT2D eigenvalue weighted by atomic mass is 9.90. The van der Waals surface area contributed by atoms with E-state index in [-0.39, 0.29) is 30.2 Å². The smallest absolute Gasteiger partial charge is 0.308 e. The number of unbranched alkanes of at least 4 members (excludes halogenated alkanes) is 2. The molecular formula is C26H29BrN2O5. The predicted molar refractivity (Wildman–Crippen MR) is 125 cm³/mol. The third-order valence-electron chi connectivity index (χ3n) is 6.50. The number of fused-ring (bicyclic) bond motifs is 5. The number of aryl methyl sites for hydroxylation is 2. The highest BCUT2D eigenvalue weighted by atomic mass is 79.9. The molecule has 7 nitrogen and oxygen atoms in total. The van der Waals surface area contributed by atoms with E-state index in [1.807, 2.05) is 24.3 Å². The van der Waals surface area contributed by atoms with Gasteiger partial charge >= 0.3 is 5.97 Å². The van der Waals surface area contributed by atoms with E-state index in [2.05, 4.69) is 23.0 Å². The zero-order chi connectivity index (χ0) is 22.9. The van der Waals surface area contributed by atoms with Gasteiger partial charge in [-0.15, -0.1) is 0 Å². The van der Waals surface area contributed by atoms with E-state index in [0.29, 0.717) is 5.75 Å². The van der Waals surface area contributed by atoms with Crippen LogP contribution in [0.15, 0.2) is 30.5 Å². The van der Waals surface area contributed by atoms with Crippen molar-refractivity contribution in [3.05, 3.63) is 41.6 Å². The molecule has 3 aromatic rings. The number of carboxylic acid groups (broad SMARTS) is 1. The average molecular weight is 529 g/mol. The molecule has 2 aromatic carbocycles. The van der Waals surface area contributed by atoms with Crippen LogP contribution in [-0.4, -0.2) is 31.5 Å². The number of hydrogen-bond donors (Lipinski definition) is 2. The van der Waals surface area contributed by atoms with Gasteiger partial charge in [-0.05, 0) is 36.2 Å². The van der Waals surface area contributed by atoms with E-state index in [4.69, 9.17) is 14.2 Å². The number of nitrogens with one attached hydrogen (secondary N) is 1. The molecule has 0 atom stereocenters. The summed E-state index contributed by atoms with van der Waals surface area (Å²) in [5.74, 6) is 1.37. The van der Waals surface area contributed by atoms with E-state index < -0.39 is 5.97 Å². The monoisotopic (exact) mass is 528 g/mol. The molecule has 0 fully saturated rings. The minimum Gasteiger partial charge on any atom is -1.00 e. The van der Waals surface area contributed by atoms with Crippen molar-refractivity contribution in [2.45, 2.75) is 45.6 Å². The maximum Gasteiger partial charge on any atom is 0.308 e. The van der Waals surface area contributed by atoms with Crippen LogP contribution in [0.5, 0.6) is 17.2 Å². The Morgan fingerprint density at radius 3 is 2.71 bits per heavy atom. The van der Waals surface area contributed by atoms with Crippen molar-refractivity contribution in [2.24, 2.45) is 0 Å². The Balaban J connectivity index is 0.00000274. The average Bonchev–Trinajstić information content (AvgIpc) is 3.27. The first-order chi connectivity index (χ1) is 16.1. The fourth-order valence-corrected chi connectivity index (χ4v) is 4.93. The van der Waals surface area contributed by atoms with Gasteiger partial charge in [0.2, 0.25) is 12.5 Å². The number of carboxylic acids is 1. The van der Waals surface area contributed by atoms with Gasteiger partial charge in [0, 0.05) is 23.9 Å². The maximum absolute atomic E-state index is 12.0. The number of halogens is 1. The molecule has 0 saturated carbocycles. The Morgan fingerprint density at radius 2 is 1.97 bits per heavy atom. The summed E-state index contributed by atoms with van der Waals surface area (Å²) in [6.07, 6.45) is 6.28. The summed E-state index contributed by atoms with van der Waals surface area (Å²) in [4.78, 5) is 12.0. The molecule has 2 N–H and O–H groups in total. The quantitative estimate of drug-likeness (QED) is 0.339. The van der Waals surface area contributed by atoms with Gasteiger partial charge in [-0.1, -0.05) is 19.8 Å². The lowest BCUT2D eigenvalue weighted by Gasteiger charge is -2.21. The van der Waals surface area contributed by atoms with Crippen molar-refractivity contribution in [3.8, 4) is 28.5 Å². The number of ether oxygens (including phenoxy) is 3. The second-order valence-corrected chi connectivity index (χ2v) is 8.57. The van der Waals surface area contributed by atoms with Gasteiger partial charge in [-0.2, -0.15) is 4.57 Å². The Kier molecular flexibility index (Phi) is 7.16. The van der Waals surface area contributed by atoms with E-state index in [9.17, 15) is 9.90 Å². The first-order valence-electron chi connectivity index (χ1n) is 11.5. The van der Waals surface area contributed by atoms with Gasteiger partial charge in [-0.3, -0.25) is 4.79 Å². The molecule has 0 bridgehead atoms. The molecule has 0 amide bonds. The number of rotatable bonds is 8. The number of anilines is 1. The largest absolute Gasteiger partial charge is 1.00 e. The van der Waals surface area contributed by atoms with E-state index in [1.165, 1.54) is 0 Å². The molecule has 1 aromatic heterocycles. The summed E-state index contributed by atoms with van der Waals surface area (Å²) in [6, 6.07) is 7.93. The van der Waals surface area contributed by atoms with Gasteiger partial charge in [0.25, 0.3) is 0 Å². The van der Waals surface area contributed by atoms with Gasteiger partial charge in [-0.25, -0.2) is 0 Å². The molecule has 34 heavy (non-hydrogen) atoms. The third-order valence-corrected chi connectivity index (χ3v) is 6.50. The summed E-state index contributed by atoms with van der Waals surface area (Å²) < 4.78 is 19.0. The third kappa shape index (κ3) is 4.27. The van der Waals surface area contributed by atoms with Crippen LogP contribution in [0.25, 0.3) is 22.0 Å². The molecular weight excluding hydrogens is 500 g/mol. The van der Waals surface area contributed by atoms with E-state index in [0.717, 1.165) is 89.1 Å². The van der Waals surface area contributed by atoms with Crippen molar-refractivity contribution in [2.75, 3.05) is 25.8 Å². The highest BCUT2D eigenvalue weighted by Gasteiger charge is 2.32. The SMILES string of the molecule is CCCCCNc1c(OC)ccc2c(CC(=O)O)c3[n+](cc12)CCc1cc2c(cc1-3)OCO2.[Br-]. The van der Waals surface area contributed by atoms with Crippen LogP contribution in [0.1, 0.15) is 37.3 Å². The first-order valence-corrected chi connectivity index (χ1v) is 11.5. The Hall–Kier alpha value is -3.00. The molecule has 3 heterocycles. The van der Waals surface area contributed by atoms with Crippen LogP contribution in [-0.2, 0) is 24.2 Å². The second-order valence-electron chi connectivity index (χ2n) is 8.57. The number of nitrogens with zero attached hydrogens (tertiary/aromatic N) is 1. The Morgan fingerprint density at radius 1 is 1.18 bits per heavy atom. The summed E-state index contributed by atoms with van der Waals surface area (Å²) in [7, 11) is 1.67.